The number of amides is 2. The second kappa shape index (κ2) is 2.52. The van der Waals surface area contributed by atoms with Crippen LogP contribution in [0.4, 0.5) is 10.5 Å². The van der Waals surface area contributed by atoms with E-state index >= 15 is 0 Å². The van der Waals surface area contributed by atoms with Crippen molar-refractivity contribution in [2.24, 2.45) is 0 Å². The Kier molecular flexibility index (Phi) is 1.50. The van der Waals surface area contributed by atoms with E-state index in [9.17, 15) is 4.79 Å². The summed E-state index contributed by atoms with van der Waals surface area (Å²) in [5, 5.41) is 5.48. The van der Waals surface area contributed by atoms with Gasteiger partial charge in [-0.05, 0) is 24.1 Å². The number of carbonyl (C=O) groups excluding carboxylic acids is 1. The van der Waals surface area contributed by atoms with Gasteiger partial charge in [0.2, 0.25) is 0 Å². The first-order chi connectivity index (χ1) is 5.77. The van der Waals surface area contributed by atoms with E-state index in [0.29, 0.717) is 6.54 Å². The van der Waals surface area contributed by atoms with Crippen LogP contribution in [-0.2, 0) is 6.54 Å². The summed E-state index contributed by atoms with van der Waals surface area (Å²) < 4.78 is 0. The molecule has 0 atom stereocenters. The maximum Gasteiger partial charge on any atom is 0.319 e. The molecular weight excluding hydrogens is 152 g/mol. The molecule has 1 aromatic carbocycles. The Morgan fingerprint density at radius 3 is 3.08 bits per heavy atom. The first-order valence-corrected chi connectivity index (χ1v) is 3.91. The summed E-state index contributed by atoms with van der Waals surface area (Å²) in [7, 11) is 0. The van der Waals surface area contributed by atoms with Gasteiger partial charge in [0, 0.05) is 12.2 Å². The highest BCUT2D eigenvalue weighted by Crippen LogP contribution is 2.21. The maximum atomic E-state index is 10.9. The smallest absolute Gasteiger partial charge is 0.319 e. The molecular formula is C9H10N2O. The Labute approximate surface area is 70.8 Å². The minimum atomic E-state index is -0.117. The normalized spacial score (nSPS) is 14.6. The van der Waals surface area contributed by atoms with E-state index in [0.717, 1.165) is 5.69 Å². The van der Waals surface area contributed by atoms with Gasteiger partial charge in [0.25, 0.3) is 0 Å². The van der Waals surface area contributed by atoms with Gasteiger partial charge in [0.05, 0.1) is 0 Å². The molecule has 3 nitrogen and oxygen atoms in total. The number of hydrogen-bond donors (Lipinski definition) is 2. The zero-order valence-electron chi connectivity index (χ0n) is 6.85. The van der Waals surface area contributed by atoms with Crippen molar-refractivity contribution in [1.29, 1.82) is 0 Å². The average molecular weight is 162 g/mol. The topological polar surface area (TPSA) is 41.1 Å². The van der Waals surface area contributed by atoms with Crippen molar-refractivity contribution >= 4 is 11.7 Å². The van der Waals surface area contributed by atoms with Crippen LogP contribution in [0.1, 0.15) is 11.1 Å². The number of aryl methyl sites for hydroxylation is 1. The summed E-state index contributed by atoms with van der Waals surface area (Å²) in [6.45, 7) is 2.67. The van der Waals surface area contributed by atoms with Crippen LogP contribution < -0.4 is 10.6 Å². The molecule has 1 heterocycles. The lowest BCUT2D eigenvalue weighted by molar-refractivity contribution is 0.251. The van der Waals surface area contributed by atoms with Crippen molar-refractivity contribution in [3.05, 3.63) is 29.3 Å². The van der Waals surface area contributed by atoms with Crippen molar-refractivity contribution in [2.45, 2.75) is 13.5 Å². The number of benzene rings is 1. The summed E-state index contributed by atoms with van der Waals surface area (Å²) in [5.74, 6) is 0. The van der Waals surface area contributed by atoms with E-state index in [1.54, 1.807) is 0 Å². The van der Waals surface area contributed by atoms with Gasteiger partial charge < -0.3 is 10.6 Å². The van der Waals surface area contributed by atoms with Crippen LogP contribution in [0.3, 0.4) is 0 Å². The van der Waals surface area contributed by atoms with Crippen LogP contribution >= 0.6 is 0 Å². The molecule has 1 aliphatic rings. The lowest BCUT2D eigenvalue weighted by atomic mass is 10.1. The molecule has 0 radical (unpaired) electrons. The van der Waals surface area contributed by atoms with Crippen LogP contribution in [-0.4, -0.2) is 6.03 Å². The molecule has 2 N–H and O–H groups in total. The summed E-state index contributed by atoms with van der Waals surface area (Å²) in [6, 6.07) is 5.78. The highest BCUT2D eigenvalue weighted by Gasteiger charge is 2.13. The van der Waals surface area contributed by atoms with Gasteiger partial charge >= 0.3 is 6.03 Å². The molecule has 2 rings (SSSR count). The Hall–Kier alpha value is -1.51. The third-order valence-corrected chi connectivity index (χ3v) is 2.08. The molecule has 1 aromatic rings. The Morgan fingerprint density at radius 2 is 2.25 bits per heavy atom. The third kappa shape index (κ3) is 1.03. The van der Waals surface area contributed by atoms with Gasteiger partial charge in [-0.3, -0.25) is 0 Å². The quantitative estimate of drug-likeness (QED) is 0.598. The second-order valence-corrected chi connectivity index (χ2v) is 2.91. The average Bonchev–Trinajstić information content (AvgIpc) is 2.04. The van der Waals surface area contributed by atoms with Crippen molar-refractivity contribution < 1.29 is 4.79 Å². The molecule has 0 unspecified atom stereocenters. The number of anilines is 1. The molecule has 0 saturated carbocycles. The fourth-order valence-electron chi connectivity index (χ4n) is 1.39. The largest absolute Gasteiger partial charge is 0.334 e. The highest BCUT2D eigenvalue weighted by atomic mass is 16.2. The van der Waals surface area contributed by atoms with E-state index in [4.69, 9.17) is 0 Å². The molecule has 12 heavy (non-hydrogen) atoms. The standard InChI is InChI=1S/C9H10N2O/c1-6-3-2-4-8-7(6)5-10-9(12)11-8/h2-4H,5H2,1H3,(H2,10,11,12). The summed E-state index contributed by atoms with van der Waals surface area (Å²) in [6.07, 6.45) is 0. The molecule has 62 valence electrons. The summed E-state index contributed by atoms with van der Waals surface area (Å²) >= 11 is 0. The van der Waals surface area contributed by atoms with Gasteiger partial charge in [-0.2, -0.15) is 0 Å². The Balaban J connectivity index is 2.48. The Morgan fingerprint density at radius 1 is 1.42 bits per heavy atom. The van der Waals surface area contributed by atoms with E-state index in [1.165, 1.54) is 11.1 Å². The molecule has 0 saturated heterocycles. The minimum absolute atomic E-state index is 0.117. The fourth-order valence-corrected chi connectivity index (χ4v) is 1.39. The molecule has 0 aromatic heterocycles. The number of nitrogens with one attached hydrogen (secondary N) is 2. The van der Waals surface area contributed by atoms with Gasteiger partial charge in [-0.1, -0.05) is 12.1 Å². The van der Waals surface area contributed by atoms with E-state index in [2.05, 4.69) is 10.6 Å². The van der Waals surface area contributed by atoms with Crippen LogP contribution in [0.2, 0.25) is 0 Å². The van der Waals surface area contributed by atoms with Gasteiger partial charge in [0.15, 0.2) is 0 Å². The van der Waals surface area contributed by atoms with Gasteiger partial charge in [-0.25, -0.2) is 4.79 Å². The fraction of sp³-hybridized carbons (Fsp3) is 0.222. The molecule has 2 amide bonds. The molecule has 3 heteroatoms. The minimum Gasteiger partial charge on any atom is -0.334 e. The summed E-state index contributed by atoms with van der Waals surface area (Å²) in [5.41, 5.74) is 3.32. The number of hydrogen-bond acceptors (Lipinski definition) is 1. The molecule has 0 aliphatic carbocycles. The molecule has 0 spiro atoms. The lowest BCUT2D eigenvalue weighted by Gasteiger charge is -2.19. The van der Waals surface area contributed by atoms with Crippen LogP contribution in [0.25, 0.3) is 0 Å². The summed E-state index contributed by atoms with van der Waals surface area (Å²) in [4.78, 5) is 10.9. The maximum absolute atomic E-state index is 10.9. The predicted octanol–water partition coefficient (Wildman–Crippen LogP) is 1.63. The molecule has 0 fully saturated rings. The van der Waals surface area contributed by atoms with Crippen LogP contribution in [0.15, 0.2) is 18.2 Å². The number of rotatable bonds is 0. The van der Waals surface area contributed by atoms with Gasteiger partial charge in [-0.15, -0.1) is 0 Å². The first kappa shape index (κ1) is 7.16. The van der Waals surface area contributed by atoms with Crippen molar-refractivity contribution in [3.63, 3.8) is 0 Å². The highest BCUT2D eigenvalue weighted by molar-refractivity contribution is 5.92. The first-order valence-electron chi connectivity index (χ1n) is 3.91. The van der Waals surface area contributed by atoms with Crippen molar-refractivity contribution in [1.82, 2.24) is 5.32 Å². The molecule has 1 aliphatic heterocycles. The zero-order chi connectivity index (χ0) is 8.55. The van der Waals surface area contributed by atoms with Crippen molar-refractivity contribution in [2.75, 3.05) is 5.32 Å². The van der Waals surface area contributed by atoms with Crippen LogP contribution in [0.5, 0.6) is 0 Å². The molecule has 0 bridgehead atoms. The van der Waals surface area contributed by atoms with Crippen molar-refractivity contribution in [3.8, 4) is 0 Å². The number of urea groups is 1. The van der Waals surface area contributed by atoms with E-state index < -0.39 is 0 Å². The Bertz CT molecular complexity index is 333. The van der Waals surface area contributed by atoms with E-state index in [1.807, 2.05) is 25.1 Å². The van der Waals surface area contributed by atoms with Crippen LogP contribution in [0, 0.1) is 6.92 Å². The lowest BCUT2D eigenvalue weighted by Crippen LogP contribution is -2.33. The predicted molar refractivity (Wildman–Crippen MR) is 47.0 cm³/mol. The van der Waals surface area contributed by atoms with E-state index in [-0.39, 0.29) is 6.03 Å². The number of carbonyl (C=O) groups is 1. The third-order valence-electron chi connectivity index (χ3n) is 2.08. The van der Waals surface area contributed by atoms with Gasteiger partial charge in [0.1, 0.15) is 0 Å². The SMILES string of the molecule is Cc1cccc2c1CNC(=O)N2. The zero-order valence-corrected chi connectivity index (χ0v) is 6.85. The number of fused-ring (bicyclic) bond motifs is 1. The monoisotopic (exact) mass is 162 g/mol. The second-order valence-electron chi connectivity index (χ2n) is 2.91.